The molecule has 3 fully saturated rings. The van der Waals surface area contributed by atoms with E-state index in [1.165, 1.54) is 38.9 Å². The van der Waals surface area contributed by atoms with Gasteiger partial charge in [-0.05, 0) is 63.6 Å². The molecule has 5 nitrogen and oxygen atoms in total. The van der Waals surface area contributed by atoms with Gasteiger partial charge in [0.05, 0.1) is 15.7 Å². The van der Waals surface area contributed by atoms with Gasteiger partial charge in [-0.1, -0.05) is 29.3 Å². The summed E-state index contributed by atoms with van der Waals surface area (Å²) < 4.78 is 0. The fourth-order valence-electron chi connectivity index (χ4n) is 5.29. The van der Waals surface area contributed by atoms with Crippen LogP contribution in [0.5, 0.6) is 0 Å². The third-order valence-corrected chi connectivity index (χ3v) is 7.62. The second-order valence-electron chi connectivity index (χ2n) is 9.15. The van der Waals surface area contributed by atoms with Gasteiger partial charge in [0.15, 0.2) is 0 Å². The summed E-state index contributed by atoms with van der Waals surface area (Å²) in [4.78, 5) is 16.6. The van der Waals surface area contributed by atoms with Crippen molar-refractivity contribution in [3.63, 3.8) is 0 Å². The molecule has 2 N–H and O–H groups in total. The number of likely N-dealkylation sites (tertiary alicyclic amines) is 1. The van der Waals surface area contributed by atoms with E-state index in [9.17, 15) is 4.79 Å². The fourth-order valence-corrected chi connectivity index (χ4v) is 5.70. The lowest BCUT2D eigenvalue weighted by molar-refractivity contribution is -0.0252. The third kappa shape index (κ3) is 4.78. The number of halogens is 2. The number of urea groups is 1. The number of rotatable bonds is 6. The van der Waals surface area contributed by atoms with Crippen molar-refractivity contribution in [1.29, 1.82) is 0 Å². The molecule has 1 aromatic carbocycles. The zero-order valence-corrected chi connectivity index (χ0v) is 18.7. The molecular formula is C22H32Cl2N4O. The molecule has 29 heavy (non-hydrogen) atoms. The van der Waals surface area contributed by atoms with E-state index in [2.05, 4.69) is 26.5 Å². The summed E-state index contributed by atoms with van der Waals surface area (Å²) >= 11 is 12.5. The smallest absolute Gasteiger partial charge is 0.314 e. The molecule has 7 heteroatoms. The Morgan fingerprint density at radius 2 is 1.86 bits per heavy atom. The Morgan fingerprint density at radius 1 is 1.14 bits per heavy atom. The molecule has 2 saturated heterocycles. The topological polar surface area (TPSA) is 47.6 Å². The molecule has 4 rings (SSSR count). The molecule has 2 amide bonds. The van der Waals surface area contributed by atoms with Crippen molar-refractivity contribution in [2.24, 2.45) is 11.3 Å². The van der Waals surface area contributed by atoms with Gasteiger partial charge in [-0.25, -0.2) is 4.79 Å². The highest BCUT2D eigenvalue weighted by Gasteiger charge is 2.51. The van der Waals surface area contributed by atoms with Crippen LogP contribution in [0.15, 0.2) is 18.2 Å². The van der Waals surface area contributed by atoms with E-state index in [-0.39, 0.29) is 6.03 Å². The maximum absolute atomic E-state index is 11.7. The van der Waals surface area contributed by atoms with Gasteiger partial charge in [-0.3, -0.25) is 0 Å². The van der Waals surface area contributed by atoms with E-state index < -0.39 is 0 Å². The Kier molecular flexibility index (Phi) is 6.47. The Labute approximate surface area is 184 Å². The van der Waals surface area contributed by atoms with Crippen LogP contribution < -0.4 is 15.5 Å². The van der Waals surface area contributed by atoms with Gasteiger partial charge in [-0.2, -0.15) is 0 Å². The second-order valence-corrected chi connectivity index (χ2v) is 9.93. The molecule has 1 aliphatic carbocycles. The number of anilines is 1. The fraction of sp³-hybridized carbons (Fsp3) is 0.682. The number of carbonyl (C=O) groups excluding carboxylic acids is 1. The van der Waals surface area contributed by atoms with E-state index in [4.69, 9.17) is 23.2 Å². The normalized spacial score (nSPS) is 26.0. The molecule has 1 spiro atoms. The van der Waals surface area contributed by atoms with Gasteiger partial charge in [0.1, 0.15) is 0 Å². The first kappa shape index (κ1) is 21.1. The van der Waals surface area contributed by atoms with E-state index in [0.29, 0.717) is 28.0 Å². The number of amides is 2. The van der Waals surface area contributed by atoms with Gasteiger partial charge < -0.3 is 20.4 Å². The summed E-state index contributed by atoms with van der Waals surface area (Å²) in [5, 5.41) is 7.23. The summed E-state index contributed by atoms with van der Waals surface area (Å²) in [5.74, 6) is 0.807. The zero-order chi connectivity index (χ0) is 20.4. The molecule has 2 heterocycles. The molecular weight excluding hydrogens is 407 g/mol. The largest absolute Gasteiger partial charge is 0.369 e. The minimum Gasteiger partial charge on any atom is -0.369 e. The van der Waals surface area contributed by atoms with Crippen LogP contribution in [-0.4, -0.2) is 56.2 Å². The highest BCUT2D eigenvalue weighted by molar-refractivity contribution is 6.43. The summed E-state index contributed by atoms with van der Waals surface area (Å²) in [6, 6.07) is 6.22. The Morgan fingerprint density at radius 3 is 2.55 bits per heavy atom. The number of benzene rings is 1. The predicted octanol–water partition coefficient (Wildman–Crippen LogP) is 4.38. The van der Waals surface area contributed by atoms with Crippen molar-refractivity contribution >= 4 is 34.9 Å². The number of nitrogens with one attached hydrogen (secondary N) is 2. The second kappa shape index (κ2) is 8.91. The van der Waals surface area contributed by atoms with Crippen LogP contribution in [-0.2, 0) is 0 Å². The molecule has 0 radical (unpaired) electrons. The Balaban J connectivity index is 1.12. The van der Waals surface area contributed by atoms with Crippen LogP contribution in [0.1, 0.15) is 39.0 Å². The Hall–Kier alpha value is -1.17. The van der Waals surface area contributed by atoms with Gasteiger partial charge in [-0.15, -0.1) is 0 Å². The van der Waals surface area contributed by atoms with E-state index >= 15 is 0 Å². The van der Waals surface area contributed by atoms with E-state index in [1.807, 2.05) is 19.1 Å². The van der Waals surface area contributed by atoms with E-state index in [0.717, 1.165) is 37.5 Å². The lowest BCUT2D eigenvalue weighted by Crippen LogP contribution is -2.72. The molecule has 0 unspecified atom stereocenters. The van der Waals surface area contributed by atoms with Crippen LogP contribution in [0.3, 0.4) is 0 Å². The first-order chi connectivity index (χ1) is 14.0. The quantitative estimate of drug-likeness (QED) is 0.692. The summed E-state index contributed by atoms with van der Waals surface area (Å²) in [7, 11) is 0. The molecule has 3 aliphatic rings. The third-order valence-electron chi connectivity index (χ3n) is 6.82. The van der Waals surface area contributed by atoms with Gasteiger partial charge in [0.25, 0.3) is 0 Å². The predicted molar refractivity (Wildman–Crippen MR) is 120 cm³/mol. The van der Waals surface area contributed by atoms with Crippen molar-refractivity contribution in [1.82, 2.24) is 15.5 Å². The minimum absolute atomic E-state index is 0.0181. The van der Waals surface area contributed by atoms with E-state index in [1.54, 1.807) is 0 Å². The number of hydrogen-bond donors (Lipinski definition) is 2. The number of nitrogens with zero attached hydrogens (tertiary/aromatic N) is 2. The van der Waals surface area contributed by atoms with Crippen molar-refractivity contribution in [3.05, 3.63) is 28.2 Å². The van der Waals surface area contributed by atoms with Crippen molar-refractivity contribution in [3.8, 4) is 0 Å². The first-order valence-electron chi connectivity index (χ1n) is 10.9. The van der Waals surface area contributed by atoms with Gasteiger partial charge in [0, 0.05) is 44.2 Å². The van der Waals surface area contributed by atoms with Crippen LogP contribution in [0.25, 0.3) is 0 Å². The first-order valence-corrected chi connectivity index (χ1v) is 11.7. The lowest BCUT2D eigenvalue weighted by atomic mass is 9.72. The van der Waals surface area contributed by atoms with Crippen LogP contribution >= 0.6 is 23.2 Å². The van der Waals surface area contributed by atoms with Crippen molar-refractivity contribution in [2.75, 3.05) is 44.2 Å². The average Bonchev–Trinajstić information content (AvgIpc) is 2.63. The maximum atomic E-state index is 11.7. The van der Waals surface area contributed by atoms with Crippen LogP contribution in [0.2, 0.25) is 10.0 Å². The zero-order valence-electron chi connectivity index (χ0n) is 17.2. The standard InChI is InChI=1S/C22H32Cl2N4O/c1-2-25-21(29)26-17-8-6-16(7-9-17)10-11-27-12-22(13-27)14-28(15-22)19-5-3-4-18(23)20(19)24/h3-5,16-17H,2,6-15H2,1H3,(H2,25,26,29)/t16-,17-. The molecule has 1 aromatic rings. The van der Waals surface area contributed by atoms with Crippen LogP contribution in [0, 0.1) is 11.3 Å². The highest BCUT2D eigenvalue weighted by Crippen LogP contribution is 2.45. The van der Waals surface area contributed by atoms with Crippen molar-refractivity contribution in [2.45, 2.75) is 45.1 Å². The molecule has 0 atom stereocenters. The molecule has 2 aliphatic heterocycles. The lowest BCUT2D eigenvalue weighted by Gasteiger charge is -2.61. The Bertz CT molecular complexity index is 722. The summed E-state index contributed by atoms with van der Waals surface area (Å²) in [6.07, 6.45) is 5.98. The monoisotopic (exact) mass is 438 g/mol. The van der Waals surface area contributed by atoms with Crippen LogP contribution in [0.4, 0.5) is 10.5 Å². The summed E-state index contributed by atoms with van der Waals surface area (Å²) in [5.41, 5.74) is 1.53. The highest BCUT2D eigenvalue weighted by atomic mass is 35.5. The number of hydrogen-bond acceptors (Lipinski definition) is 3. The average molecular weight is 439 g/mol. The van der Waals surface area contributed by atoms with Crippen molar-refractivity contribution < 1.29 is 4.79 Å². The molecule has 160 valence electrons. The van der Waals surface area contributed by atoms with Gasteiger partial charge in [0.2, 0.25) is 0 Å². The summed E-state index contributed by atoms with van der Waals surface area (Å²) in [6.45, 7) is 8.41. The maximum Gasteiger partial charge on any atom is 0.314 e. The minimum atomic E-state index is -0.0181. The SMILES string of the molecule is CCNC(=O)N[C@H]1CC[C@H](CCN2CC3(C2)CN(c2cccc(Cl)c2Cl)C3)CC1. The van der Waals surface area contributed by atoms with Gasteiger partial charge >= 0.3 is 6.03 Å². The number of carbonyl (C=O) groups is 1. The molecule has 0 aromatic heterocycles. The molecule has 1 saturated carbocycles. The molecule has 0 bridgehead atoms.